The van der Waals surface area contributed by atoms with Crippen molar-refractivity contribution in [3.63, 3.8) is 0 Å². The number of aryl methyl sites for hydroxylation is 2. The normalized spacial score (nSPS) is 10.8. The zero-order chi connectivity index (χ0) is 23.2. The third-order valence-corrected chi connectivity index (χ3v) is 5.57. The van der Waals surface area contributed by atoms with Crippen molar-refractivity contribution in [1.29, 1.82) is 0 Å². The summed E-state index contributed by atoms with van der Waals surface area (Å²) in [6.45, 7) is 0.702. The Hall–Kier alpha value is -3.55. The fourth-order valence-electron chi connectivity index (χ4n) is 3.66. The van der Waals surface area contributed by atoms with E-state index in [1.165, 1.54) is 17.2 Å². The fraction of sp³-hybridized carbons (Fsp3) is 0.172. The number of rotatable bonds is 6. The Kier molecular flexibility index (Phi) is 7.12. The summed E-state index contributed by atoms with van der Waals surface area (Å²) in [6.07, 6.45) is 2.44. The minimum atomic E-state index is -0.906. The van der Waals surface area contributed by atoms with Gasteiger partial charge in [0, 0.05) is 12.7 Å². The van der Waals surface area contributed by atoms with Gasteiger partial charge in [-0.15, -0.1) is 0 Å². The van der Waals surface area contributed by atoms with E-state index in [-0.39, 0.29) is 5.82 Å². The Bertz CT molecular complexity index is 1330. The van der Waals surface area contributed by atoms with Crippen molar-refractivity contribution in [2.24, 2.45) is 0 Å². The quantitative estimate of drug-likeness (QED) is 0.303. The van der Waals surface area contributed by atoms with Crippen molar-refractivity contribution in [3.05, 3.63) is 118 Å². The molecule has 0 saturated carbocycles. The molecule has 0 spiro atoms. The van der Waals surface area contributed by atoms with Crippen molar-refractivity contribution in [1.82, 2.24) is 0 Å². The molecular weight excluding hydrogens is 421 g/mol. The fourth-order valence-corrected chi connectivity index (χ4v) is 3.66. The highest BCUT2D eigenvalue weighted by Gasteiger charge is 2.05. The molecule has 0 radical (unpaired) electrons. The van der Waals surface area contributed by atoms with Crippen LogP contribution in [0.5, 0.6) is 0 Å². The molecule has 0 saturated heterocycles. The van der Waals surface area contributed by atoms with Crippen molar-refractivity contribution in [2.75, 3.05) is 13.7 Å². The van der Waals surface area contributed by atoms with E-state index >= 15 is 0 Å². The summed E-state index contributed by atoms with van der Waals surface area (Å²) in [5.74, 6) is 3.59. The van der Waals surface area contributed by atoms with Crippen LogP contribution in [0.15, 0.2) is 72.8 Å². The standard InChI is InChI=1S/C29H23F3O/c1-33-15-14-21-4-2-20(3-5-21)6-7-23-9-12-24(27(30)17-23)11-8-22-10-13-25-18-28(31)29(32)19-26(25)16-22/h2-5,9-10,12-13,16-19H,6-7,14-15H2,1H3. The summed E-state index contributed by atoms with van der Waals surface area (Å²) in [7, 11) is 1.69. The molecule has 0 heterocycles. The van der Waals surface area contributed by atoms with Crippen LogP contribution in [0, 0.1) is 29.3 Å². The Morgan fingerprint density at radius 1 is 0.606 bits per heavy atom. The molecule has 4 rings (SSSR count). The SMILES string of the molecule is COCCc1ccc(CCc2ccc(C#Cc3ccc4cc(F)c(F)cc4c3)c(F)c2)cc1. The van der Waals surface area contributed by atoms with E-state index in [9.17, 15) is 13.2 Å². The first-order chi connectivity index (χ1) is 16.0. The Balaban J connectivity index is 1.42. The summed E-state index contributed by atoms with van der Waals surface area (Å²) in [6, 6.07) is 20.8. The number of ether oxygens (including phenoxy) is 1. The van der Waals surface area contributed by atoms with Gasteiger partial charge in [0.1, 0.15) is 5.82 Å². The lowest BCUT2D eigenvalue weighted by molar-refractivity contribution is 0.202. The van der Waals surface area contributed by atoms with E-state index < -0.39 is 11.6 Å². The summed E-state index contributed by atoms with van der Waals surface area (Å²) >= 11 is 0. The van der Waals surface area contributed by atoms with E-state index in [0.717, 1.165) is 37.0 Å². The van der Waals surface area contributed by atoms with Crippen LogP contribution < -0.4 is 0 Å². The number of hydrogen-bond donors (Lipinski definition) is 0. The van der Waals surface area contributed by atoms with E-state index in [0.29, 0.717) is 28.5 Å². The van der Waals surface area contributed by atoms with Gasteiger partial charge in [0.25, 0.3) is 0 Å². The molecule has 166 valence electrons. The molecule has 0 unspecified atom stereocenters. The lowest BCUT2D eigenvalue weighted by Crippen LogP contribution is -1.96. The number of methoxy groups -OCH3 is 1. The average molecular weight is 444 g/mol. The van der Waals surface area contributed by atoms with Gasteiger partial charge in [-0.1, -0.05) is 48.2 Å². The zero-order valence-corrected chi connectivity index (χ0v) is 18.3. The van der Waals surface area contributed by atoms with Gasteiger partial charge in [-0.3, -0.25) is 0 Å². The first-order valence-corrected chi connectivity index (χ1v) is 10.8. The molecule has 4 aromatic rings. The minimum Gasteiger partial charge on any atom is -0.384 e. The van der Waals surface area contributed by atoms with Gasteiger partial charge in [-0.25, -0.2) is 13.2 Å². The Morgan fingerprint density at radius 2 is 1.24 bits per heavy atom. The molecule has 0 bridgehead atoms. The smallest absolute Gasteiger partial charge is 0.159 e. The molecule has 0 aliphatic carbocycles. The van der Waals surface area contributed by atoms with Crippen molar-refractivity contribution in [3.8, 4) is 11.8 Å². The summed E-state index contributed by atoms with van der Waals surface area (Å²) < 4.78 is 46.5. The molecular formula is C29H23F3O. The molecule has 0 fully saturated rings. The highest BCUT2D eigenvalue weighted by atomic mass is 19.2. The Labute approximate surface area is 191 Å². The lowest BCUT2D eigenvalue weighted by atomic mass is 10.0. The van der Waals surface area contributed by atoms with Gasteiger partial charge in [-0.05, 0) is 83.1 Å². The van der Waals surface area contributed by atoms with E-state index in [1.54, 1.807) is 31.4 Å². The largest absolute Gasteiger partial charge is 0.384 e. The van der Waals surface area contributed by atoms with E-state index in [1.807, 2.05) is 6.07 Å². The van der Waals surface area contributed by atoms with Crippen molar-refractivity contribution < 1.29 is 17.9 Å². The van der Waals surface area contributed by atoms with Crippen LogP contribution in [0.4, 0.5) is 13.2 Å². The number of fused-ring (bicyclic) bond motifs is 1. The highest BCUT2D eigenvalue weighted by Crippen LogP contribution is 2.20. The van der Waals surface area contributed by atoms with Gasteiger partial charge < -0.3 is 4.74 Å². The molecule has 0 aliphatic heterocycles. The molecule has 0 aliphatic rings. The molecule has 0 aromatic heterocycles. The van der Waals surface area contributed by atoms with Crippen LogP contribution in [0.1, 0.15) is 27.8 Å². The van der Waals surface area contributed by atoms with Crippen molar-refractivity contribution in [2.45, 2.75) is 19.3 Å². The molecule has 4 aromatic carbocycles. The second-order valence-corrected chi connectivity index (χ2v) is 7.95. The van der Waals surface area contributed by atoms with Gasteiger partial charge in [0.05, 0.1) is 12.2 Å². The predicted molar refractivity (Wildman–Crippen MR) is 126 cm³/mol. The van der Waals surface area contributed by atoms with Crippen LogP contribution in [-0.2, 0) is 24.0 Å². The molecule has 0 amide bonds. The second-order valence-electron chi connectivity index (χ2n) is 7.95. The van der Waals surface area contributed by atoms with Gasteiger partial charge in [0.15, 0.2) is 11.6 Å². The summed E-state index contributed by atoms with van der Waals surface area (Å²) in [5.41, 5.74) is 4.24. The monoisotopic (exact) mass is 444 g/mol. The van der Waals surface area contributed by atoms with Crippen LogP contribution in [0.3, 0.4) is 0 Å². The van der Waals surface area contributed by atoms with Gasteiger partial charge in [-0.2, -0.15) is 0 Å². The maximum atomic E-state index is 14.6. The molecule has 0 N–H and O–H groups in total. The van der Waals surface area contributed by atoms with Crippen LogP contribution >= 0.6 is 0 Å². The van der Waals surface area contributed by atoms with E-state index in [2.05, 4.69) is 36.1 Å². The maximum Gasteiger partial charge on any atom is 0.159 e. The minimum absolute atomic E-state index is 0.298. The molecule has 1 nitrogen and oxygen atoms in total. The summed E-state index contributed by atoms with van der Waals surface area (Å²) in [4.78, 5) is 0. The third kappa shape index (κ3) is 5.83. The van der Waals surface area contributed by atoms with Crippen LogP contribution in [0.2, 0.25) is 0 Å². The Morgan fingerprint density at radius 3 is 1.94 bits per heavy atom. The zero-order valence-electron chi connectivity index (χ0n) is 18.3. The second kappa shape index (κ2) is 10.4. The predicted octanol–water partition coefficient (Wildman–Crippen LogP) is 6.63. The lowest BCUT2D eigenvalue weighted by Gasteiger charge is -2.05. The van der Waals surface area contributed by atoms with E-state index in [4.69, 9.17) is 4.74 Å². The van der Waals surface area contributed by atoms with Gasteiger partial charge >= 0.3 is 0 Å². The summed E-state index contributed by atoms with van der Waals surface area (Å²) in [5, 5.41) is 1.13. The topological polar surface area (TPSA) is 9.23 Å². The molecule has 4 heteroatoms. The van der Waals surface area contributed by atoms with Crippen LogP contribution in [-0.4, -0.2) is 13.7 Å². The number of hydrogen-bond acceptors (Lipinski definition) is 1. The third-order valence-electron chi connectivity index (χ3n) is 5.57. The average Bonchev–Trinajstić information content (AvgIpc) is 2.82. The number of benzene rings is 4. The van der Waals surface area contributed by atoms with Gasteiger partial charge in [0.2, 0.25) is 0 Å². The first kappa shape index (κ1) is 22.6. The number of halogens is 3. The molecule has 0 atom stereocenters. The molecule has 33 heavy (non-hydrogen) atoms. The van der Waals surface area contributed by atoms with Crippen molar-refractivity contribution >= 4 is 10.8 Å². The van der Waals surface area contributed by atoms with Crippen LogP contribution in [0.25, 0.3) is 10.8 Å². The maximum absolute atomic E-state index is 14.6. The highest BCUT2D eigenvalue weighted by molar-refractivity contribution is 5.84. The first-order valence-electron chi connectivity index (χ1n) is 10.8.